The molecule has 1 unspecified atom stereocenters. The normalized spacial score (nSPS) is 11.4. The standard InChI is InChI=1S/C21H27N3O2.ClH/c1-4-20(25)24-18-7-5-6-17(12-18)21(26)23-13-19(22)16-10-8-15(9-11-16)14(2)3;/h5-12,14,19H,4,13,22H2,1-3H3,(H,23,26)(H,24,25);1H. The molecule has 0 spiro atoms. The molecule has 0 saturated heterocycles. The van der Waals surface area contributed by atoms with Crippen LogP contribution in [0, 0.1) is 0 Å². The molecule has 0 fully saturated rings. The minimum absolute atomic E-state index is 0. The maximum Gasteiger partial charge on any atom is 0.251 e. The molecule has 1 atom stereocenters. The minimum Gasteiger partial charge on any atom is -0.350 e. The van der Waals surface area contributed by atoms with Crippen molar-refractivity contribution in [3.05, 3.63) is 65.2 Å². The second kappa shape index (κ2) is 10.7. The lowest BCUT2D eigenvalue weighted by Crippen LogP contribution is -2.32. The van der Waals surface area contributed by atoms with Crippen LogP contribution in [0.3, 0.4) is 0 Å². The number of rotatable bonds is 7. The van der Waals surface area contributed by atoms with E-state index in [1.807, 2.05) is 12.1 Å². The maximum atomic E-state index is 12.4. The van der Waals surface area contributed by atoms with Crippen molar-refractivity contribution < 1.29 is 9.59 Å². The molecule has 0 bridgehead atoms. The second-order valence-corrected chi connectivity index (χ2v) is 6.62. The first kappa shape index (κ1) is 22.7. The molecule has 2 aromatic carbocycles. The summed E-state index contributed by atoms with van der Waals surface area (Å²) in [4.78, 5) is 23.8. The number of carbonyl (C=O) groups excluding carboxylic acids is 2. The molecule has 4 N–H and O–H groups in total. The van der Waals surface area contributed by atoms with Gasteiger partial charge < -0.3 is 16.4 Å². The summed E-state index contributed by atoms with van der Waals surface area (Å²) in [6.45, 7) is 6.41. The molecule has 0 aliphatic heterocycles. The lowest BCUT2D eigenvalue weighted by atomic mass is 9.99. The molecule has 0 saturated carbocycles. The Bertz CT molecular complexity index is 760. The molecule has 2 rings (SSSR count). The Kier molecular flexibility index (Phi) is 8.98. The van der Waals surface area contributed by atoms with Crippen LogP contribution in [0.25, 0.3) is 0 Å². The van der Waals surface area contributed by atoms with Gasteiger partial charge in [0.15, 0.2) is 0 Å². The zero-order valence-corrected chi connectivity index (χ0v) is 16.8. The number of benzene rings is 2. The highest BCUT2D eigenvalue weighted by Gasteiger charge is 2.11. The summed E-state index contributed by atoms with van der Waals surface area (Å²) < 4.78 is 0. The number of hydrogen-bond donors (Lipinski definition) is 3. The molecular weight excluding hydrogens is 362 g/mol. The third-order valence-corrected chi connectivity index (χ3v) is 4.24. The van der Waals surface area contributed by atoms with Crippen LogP contribution < -0.4 is 16.4 Å². The SMILES string of the molecule is CCC(=O)Nc1cccc(C(=O)NCC(N)c2ccc(C(C)C)cc2)c1.Cl. The number of nitrogens with two attached hydrogens (primary N) is 1. The Morgan fingerprint density at radius 1 is 1.04 bits per heavy atom. The zero-order valence-electron chi connectivity index (χ0n) is 16.0. The van der Waals surface area contributed by atoms with Crippen LogP contribution in [0.4, 0.5) is 5.69 Å². The van der Waals surface area contributed by atoms with Crippen LogP contribution in [0.15, 0.2) is 48.5 Å². The molecule has 0 radical (unpaired) electrons. The molecule has 2 amide bonds. The van der Waals surface area contributed by atoms with Crippen LogP contribution in [-0.2, 0) is 4.79 Å². The van der Waals surface area contributed by atoms with E-state index in [0.29, 0.717) is 30.1 Å². The van der Waals surface area contributed by atoms with Gasteiger partial charge in [0, 0.05) is 30.3 Å². The molecule has 5 nitrogen and oxygen atoms in total. The van der Waals surface area contributed by atoms with Gasteiger partial charge in [0.05, 0.1) is 0 Å². The third kappa shape index (κ3) is 6.70. The summed E-state index contributed by atoms with van der Waals surface area (Å²) in [5.74, 6) is 0.168. The Morgan fingerprint density at radius 2 is 1.67 bits per heavy atom. The first-order valence-corrected chi connectivity index (χ1v) is 8.94. The van der Waals surface area contributed by atoms with E-state index in [-0.39, 0.29) is 30.3 Å². The molecule has 0 aliphatic carbocycles. The lowest BCUT2D eigenvalue weighted by Gasteiger charge is -2.15. The summed E-state index contributed by atoms with van der Waals surface area (Å²) in [5, 5.41) is 5.60. The van der Waals surface area contributed by atoms with E-state index in [0.717, 1.165) is 5.56 Å². The molecule has 0 aliphatic rings. The van der Waals surface area contributed by atoms with Gasteiger partial charge in [-0.3, -0.25) is 9.59 Å². The smallest absolute Gasteiger partial charge is 0.251 e. The van der Waals surface area contributed by atoms with Gasteiger partial charge in [-0.2, -0.15) is 0 Å². The summed E-state index contributed by atoms with van der Waals surface area (Å²) in [6, 6.07) is 14.7. The van der Waals surface area contributed by atoms with Crippen molar-refractivity contribution in [2.45, 2.75) is 39.2 Å². The topological polar surface area (TPSA) is 84.2 Å². The van der Waals surface area contributed by atoms with Gasteiger partial charge in [0.1, 0.15) is 0 Å². The van der Waals surface area contributed by atoms with E-state index in [4.69, 9.17) is 5.73 Å². The van der Waals surface area contributed by atoms with Crippen LogP contribution in [0.1, 0.15) is 60.6 Å². The monoisotopic (exact) mass is 389 g/mol. The van der Waals surface area contributed by atoms with Gasteiger partial charge in [-0.15, -0.1) is 12.4 Å². The van der Waals surface area contributed by atoms with Crippen molar-refractivity contribution in [3.63, 3.8) is 0 Å². The molecule has 146 valence electrons. The van der Waals surface area contributed by atoms with Crippen LogP contribution in [-0.4, -0.2) is 18.4 Å². The lowest BCUT2D eigenvalue weighted by molar-refractivity contribution is -0.115. The van der Waals surface area contributed by atoms with E-state index in [2.05, 4.69) is 36.6 Å². The Labute approximate surface area is 167 Å². The summed E-state index contributed by atoms with van der Waals surface area (Å²) in [5.41, 5.74) is 9.53. The van der Waals surface area contributed by atoms with Gasteiger partial charge in [-0.25, -0.2) is 0 Å². The maximum absolute atomic E-state index is 12.4. The molecular formula is C21H28ClN3O2. The van der Waals surface area contributed by atoms with Gasteiger partial charge in [-0.05, 0) is 35.2 Å². The molecule has 0 heterocycles. The van der Waals surface area contributed by atoms with Gasteiger partial charge >= 0.3 is 0 Å². The van der Waals surface area contributed by atoms with E-state index >= 15 is 0 Å². The molecule has 0 aromatic heterocycles. The fraction of sp³-hybridized carbons (Fsp3) is 0.333. The average molecular weight is 390 g/mol. The molecule has 27 heavy (non-hydrogen) atoms. The van der Waals surface area contributed by atoms with E-state index in [1.165, 1.54) is 5.56 Å². The van der Waals surface area contributed by atoms with Gasteiger partial charge in [-0.1, -0.05) is 51.1 Å². The van der Waals surface area contributed by atoms with Gasteiger partial charge in [0.2, 0.25) is 5.91 Å². The fourth-order valence-electron chi connectivity index (χ4n) is 2.54. The summed E-state index contributed by atoms with van der Waals surface area (Å²) >= 11 is 0. The van der Waals surface area contributed by atoms with E-state index in [1.54, 1.807) is 31.2 Å². The highest BCUT2D eigenvalue weighted by Crippen LogP contribution is 2.17. The van der Waals surface area contributed by atoms with Gasteiger partial charge in [0.25, 0.3) is 5.91 Å². The third-order valence-electron chi connectivity index (χ3n) is 4.24. The van der Waals surface area contributed by atoms with Crippen LogP contribution in [0.5, 0.6) is 0 Å². The van der Waals surface area contributed by atoms with Crippen molar-refractivity contribution in [2.24, 2.45) is 5.73 Å². The van der Waals surface area contributed by atoms with Crippen molar-refractivity contribution in [1.29, 1.82) is 0 Å². The van der Waals surface area contributed by atoms with Crippen LogP contribution >= 0.6 is 12.4 Å². The number of nitrogens with one attached hydrogen (secondary N) is 2. The van der Waals surface area contributed by atoms with E-state index in [9.17, 15) is 9.59 Å². The van der Waals surface area contributed by atoms with Crippen LogP contribution in [0.2, 0.25) is 0 Å². The predicted molar refractivity (Wildman–Crippen MR) is 112 cm³/mol. The fourth-order valence-corrected chi connectivity index (χ4v) is 2.54. The summed E-state index contributed by atoms with van der Waals surface area (Å²) in [6.07, 6.45) is 0.390. The summed E-state index contributed by atoms with van der Waals surface area (Å²) in [7, 11) is 0. The number of halogens is 1. The zero-order chi connectivity index (χ0) is 19.1. The van der Waals surface area contributed by atoms with Crippen molar-refractivity contribution in [1.82, 2.24) is 5.32 Å². The van der Waals surface area contributed by atoms with Crippen molar-refractivity contribution >= 4 is 29.9 Å². The first-order valence-electron chi connectivity index (χ1n) is 8.94. The number of anilines is 1. The second-order valence-electron chi connectivity index (χ2n) is 6.62. The quantitative estimate of drug-likeness (QED) is 0.668. The molecule has 2 aromatic rings. The number of amides is 2. The number of carbonyl (C=O) groups is 2. The minimum atomic E-state index is -0.275. The molecule has 6 heteroatoms. The highest BCUT2D eigenvalue weighted by molar-refractivity contribution is 5.97. The first-order chi connectivity index (χ1) is 12.4. The Balaban J connectivity index is 0.00000364. The van der Waals surface area contributed by atoms with Crippen molar-refractivity contribution in [2.75, 3.05) is 11.9 Å². The highest BCUT2D eigenvalue weighted by atomic mass is 35.5. The van der Waals surface area contributed by atoms with Crippen molar-refractivity contribution in [3.8, 4) is 0 Å². The predicted octanol–water partition coefficient (Wildman–Crippen LogP) is 4.01. The Morgan fingerprint density at radius 3 is 2.26 bits per heavy atom. The largest absolute Gasteiger partial charge is 0.350 e. The van der Waals surface area contributed by atoms with E-state index < -0.39 is 0 Å². The number of hydrogen-bond acceptors (Lipinski definition) is 3. The Hall–Kier alpha value is -2.37. The average Bonchev–Trinajstić information content (AvgIpc) is 2.65.